The molecule has 0 bridgehead atoms. The second-order valence-electron chi connectivity index (χ2n) is 18.6. The average molecular weight is 907 g/mol. The average Bonchev–Trinajstić information content (AvgIpc) is 1.64. The summed E-state index contributed by atoms with van der Waals surface area (Å²) in [6.07, 6.45) is 0. The first-order valence-electron chi connectivity index (χ1n) is 29.8. The molecule has 2 nitrogen and oxygen atoms in total. The van der Waals surface area contributed by atoms with Crippen LogP contribution in [0, 0.1) is 0 Å². The third kappa shape index (κ3) is 5.80. The highest BCUT2D eigenvalue weighted by atomic mass is 16.3. The van der Waals surface area contributed by atoms with Crippen LogP contribution in [0.25, 0.3) is 77.2 Å². The van der Waals surface area contributed by atoms with Gasteiger partial charge in [0.15, 0.2) is 0 Å². The number of fused-ring (bicyclic) bond motifs is 11. The molecule has 0 spiro atoms. The molecule has 2 aliphatic carbocycles. The van der Waals surface area contributed by atoms with Gasteiger partial charge >= 0.3 is 0 Å². The van der Waals surface area contributed by atoms with Gasteiger partial charge < -0.3 is 9.32 Å². The van der Waals surface area contributed by atoms with Gasteiger partial charge in [-0.3, -0.25) is 0 Å². The minimum atomic E-state index is -1.32. The van der Waals surface area contributed by atoms with Crippen molar-refractivity contribution in [1.82, 2.24) is 0 Å². The predicted molar refractivity (Wildman–Crippen MR) is 292 cm³/mol. The van der Waals surface area contributed by atoms with Gasteiger partial charge in [-0.25, -0.2) is 0 Å². The molecule has 0 atom stereocenters. The second kappa shape index (κ2) is 15.4. The molecule has 0 radical (unpaired) electrons. The van der Waals surface area contributed by atoms with Crippen LogP contribution in [0.3, 0.4) is 0 Å². The number of anilines is 3. The zero-order valence-electron chi connectivity index (χ0n) is 51.0. The molecule has 12 aromatic rings. The standard InChI is InChI=1S/C68H47NO/c1-67(2)59-31-16-14-29-54(59)56-37-34-50(42-61(56)67)69(51-35-38-57-55-30-15-17-32-60(55)68(62(57)43-51,48-24-8-4-9-25-48)49-26-10-5-11-27-49)65-52(47-23-18-22-46(41-47)44-19-6-3-7-20-44)39-40-63-64(65)58-36-33-45-21-12-13-28-53(45)66(58)70-63/h3-43H,1-2H3/i3D,6D,7D,12D,13D,15D,17D,19D,20D,30D,32D,33D,40D. The molecule has 11 aromatic carbocycles. The second-order valence-corrected chi connectivity index (χ2v) is 18.6. The molecule has 0 aliphatic heterocycles. The van der Waals surface area contributed by atoms with Gasteiger partial charge in [0.25, 0.3) is 0 Å². The topological polar surface area (TPSA) is 16.4 Å². The molecular weight excluding hydrogens is 847 g/mol. The van der Waals surface area contributed by atoms with E-state index in [4.69, 9.17) is 15.4 Å². The fourth-order valence-electron chi connectivity index (χ4n) is 11.5. The van der Waals surface area contributed by atoms with E-state index in [2.05, 4.69) is 49.1 Å². The van der Waals surface area contributed by atoms with Gasteiger partial charge in [0, 0.05) is 33.1 Å². The largest absolute Gasteiger partial charge is 0.455 e. The zero-order chi connectivity index (χ0) is 57.9. The van der Waals surface area contributed by atoms with Crippen LogP contribution in [-0.4, -0.2) is 0 Å². The molecule has 330 valence electrons. The van der Waals surface area contributed by atoms with Crippen molar-refractivity contribution in [3.05, 3.63) is 282 Å². The van der Waals surface area contributed by atoms with Gasteiger partial charge in [-0.1, -0.05) is 214 Å². The first-order valence-corrected chi connectivity index (χ1v) is 23.3. The van der Waals surface area contributed by atoms with Crippen LogP contribution < -0.4 is 4.90 Å². The summed E-state index contributed by atoms with van der Waals surface area (Å²) in [7, 11) is 0. The molecule has 0 unspecified atom stereocenters. The highest BCUT2D eigenvalue weighted by molar-refractivity contribution is 6.22. The molecule has 70 heavy (non-hydrogen) atoms. The summed E-state index contributed by atoms with van der Waals surface area (Å²) in [5.41, 5.74) is 9.60. The summed E-state index contributed by atoms with van der Waals surface area (Å²) < 4.78 is 125. The quantitative estimate of drug-likeness (QED) is 0.158. The van der Waals surface area contributed by atoms with E-state index >= 15 is 0 Å². The number of furan rings is 1. The number of rotatable bonds is 7. The van der Waals surface area contributed by atoms with Gasteiger partial charge in [0.1, 0.15) is 11.2 Å². The number of benzene rings is 11. The fraction of sp³-hybridized carbons (Fsp3) is 0.0588. The molecule has 2 heteroatoms. The highest BCUT2D eigenvalue weighted by Crippen LogP contribution is 2.59. The van der Waals surface area contributed by atoms with E-state index in [-0.39, 0.29) is 71.6 Å². The van der Waals surface area contributed by atoms with Crippen molar-refractivity contribution in [2.24, 2.45) is 0 Å². The van der Waals surface area contributed by atoms with E-state index in [0.717, 1.165) is 33.4 Å². The van der Waals surface area contributed by atoms with E-state index in [1.54, 1.807) is 30.3 Å². The number of hydrogen-bond donors (Lipinski definition) is 0. The Hall–Kier alpha value is -8.72. The summed E-state index contributed by atoms with van der Waals surface area (Å²) >= 11 is 0. The molecule has 0 saturated heterocycles. The monoisotopic (exact) mass is 906 g/mol. The third-order valence-electron chi connectivity index (χ3n) is 14.6. The lowest BCUT2D eigenvalue weighted by atomic mass is 9.67. The van der Waals surface area contributed by atoms with Crippen LogP contribution in [0.2, 0.25) is 0 Å². The van der Waals surface area contributed by atoms with Crippen molar-refractivity contribution >= 4 is 49.8 Å². The maximum absolute atomic E-state index is 9.93. The minimum Gasteiger partial charge on any atom is -0.455 e. The van der Waals surface area contributed by atoms with Crippen molar-refractivity contribution < 1.29 is 22.2 Å². The van der Waals surface area contributed by atoms with Crippen LogP contribution in [0.5, 0.6) is 0 Å². The zero-order valence-corrected chi connectivity index (χ0v) is 38.0. The molecule has 0 saturated carbocycles. The van der Waals surface area contributed by atoms with Crippen molar-refractivity contribution in [2.75, 3.05) is 4.90 Å². The lowest BCUT2D eigenvalue weighted by molar-refractivity contribution is 0.660. The smallest absolute Gasteiger partial charge is 0.143 e. The Balaban J connectivity index is 1.16. The molecule has 14 rings (SSSR count). The summed E-state index contributed by atoms with van der Waals surface area (Å²) in [6, 6.07) is 50.0. The molecule has 0 fully saturated rings. The lowest BCUT2D eigenvalue weighted by Crippen LogP contribution is -2.28. The number of hydrogen-bond acceptors (Lipinski definition) is 2. The van der Waals surface area contributed by atoms with E-state index in [0.29, 0.717) is 83.1 Å². The maximum Gasteiger partial charge on any atom is 0.143 e. The summed E-state index contributed by atoms with van der Waals surface area (Å²) in [6.45, 7) is 4.39. The van der Waals surface area contributed by atoms with E-state index in [1.807, 2.05) is 97.1 Å². The van der Waals surface area contributed by atoms with E-state index in [9.17, 15) is 6.85 Å². The van der Waals surface area contributed by atoms with Crippen molar-refractivity contribution in [1.29, 1.82) is 0 Å². The highest BCUT2D eigenvalue weighted by Gasteiger charge is 2.46. The van der Waals surface area contributed by atoms with Gasteiger partial charge in [0.2, 0.25) is 0 Å². The molecule has 2 aliphatic rings. The maximum atomic E-state index is 9.93. The van der Waals surface area contributed by atoms with Crippen LogP contribution in [0.1, 0.15) is 65.0 Å². The third-order valence-corrected chi connectivity index (χ3v) is 14.6. The van der Waals surface area contributed by atoms with Crippen LogP contribution in [0.4, 0.5) is 17.1 Å². The summed E-state index contributed by atoms with van der Waals surface area (Å²) in [5, 5.41) is 1.67. The van der Waals surface area contributed by atoms with Crippen molar-refractivity contribution in [3.63, 3.8) is 0 Å². The van der Waals surface area contributed by atoms with Crippen LogP contribution in [0.15, 0.2) is 253 Å². The Morgan fingerprint density at radius 3 is 1.86 bits per heavy atom. The Morgan fingerprint density at radius 1 is 0.414 bits per heavy atom. The van der Waals surface area contributed by atoms with Gasteiger partial charge in [0.05, 0.1) is 34.3 Å². The van der Waals surface area contributed by atoms with E-state index in [1.165, 1.54) is 12.1 Å². The minimum absolute atomic E-state index is 0.00607. The molecule has 0 N–H and O–H groups in total. The number of nitrogens with zero attached hydrogens (tertiary/aromatic N) is 1. The lowest BCUT2D eigenvalue weighted by Gasteiger charge is -2.35. The van der Waals surface area contributed by atoms with Crippen LogP contribution in [-0.2, 0) is 10.8 Å². The normalized spacial score (nSPS) is 16.4. The fourth-order valence-corrected chi connectivity index (χ4v) is 11.5. The Morgan fingerprint density at radius 2 is 1.07 bits per heavy atom. The Bertz CT molecular complexity index is 4750. The first-order chi connectivity index (χ1) is 39.8. The van der Waals surface area contributed by atoms with E-state index < -0.39 is 29.0 Å². The molecule has 1 aromatic heterocycles. The van der Waals surface area contributed by atoms with Gasteiger partial charge in [-0.15, -0.1) is 0 Å². The van der Waals surface area contributed by atoms with Gasteiger partial charge in [-0.2, -0.15) is 0 Å². The molecule has 0 amide bonds. The Kier molecular flexibility index (Phi) is 6.43. The molecular formula is C68H47NO. The van der Waals surface area contributed by atoms with Crippen LogP contribution >= 0.6 is 0 Å². The van der Waals surface area contributed by atoms with Gasteiger partial charge in [-0.05, 0) is 126 Å². The predicted octanol–water partition coefficient (Wildman–Crippen LogP) is 18.2. The summed E-state index contributed by atoms with van der Waals surface area (Å²) in [4.78, 5) is 2.10. The SMILES string of the molecule is [2H]c1cc2c([2H])cc3c(oc4c([2H])cc(-c5cccc(-c6c([2H])c([2H])c([2H])c([2H])c6[2H])c5)c(N(c5ccc6c(c5)C(C)(C)c5ccccc5-6)c5ccc6c(c5)C(c5ccccc5)(c5ccccc5)c5c([2H])c([2H])c([2H])c([2H])c5-6)c43)c2cc1[2H]. The van der Waals surface area contributed by atoms with Crippen molar-refractivity contribution in [3.8, 4) is 44.5 Å². The summed E-state index contributed by atoms with van der Waals surface area (Å²) in [5.74, 6) is 0. The Labute approximate surface area is 426 Å². The first kappa shape index (κ1) is 29.2. The molecule has 1 heterocycles. The van der Waals surface area contributed by atoms with Crippen molar-refractivity contribution in [2.45, 2.75) is 24.7 Å².